The number of aryl methyl sites for hydroxylation is 1. The van der Waals surface area contributed by atoms with E-state index < -0.39 is 0 Å². The van der Waals surface area contributed by atoms with E-state index in [2.05, 4.69) is 14.5 Å². The standard InChI is InChI=1S/C11H17N5OS2/c1-7-9(19-14-13-7)11(17)16-5-3-15(4-6-16)8(2)10(12)18/h8H,3-6H2,1-2H3,(H2,12,18). The first-order valence-electron chi connectivity index (χ1n) is 6.12. The Morgan fingerprint density at radius 3 is 2.53 bits per heavy atom. The van der Waals surface area contributed by atoms with Crippen molar-refractivity contribution in [3.63, 3.8) is 0 Å². The number of carbonyl (C=O) groups is 1. The van der Waals surface area contributed by atoms with E-state index in [1.807, 2.05) is 18.7 Å². The molecular formula is C11H17N5OS2. The Balaban J connectivity index is 1.95. The molecule has 1 aliphatic rings. The summed E-state index contributed by atoms with van der Waals surface area (Å²) in [5.41, 5.74) is 6.36. The largest absolute Gasteiger partial charge is 0.392 e. The highest BCUT2D eigenvalue weighted by molar-refractivity contribution is 7.80. The number of hydrogen-bond acceptors (Lipinski definition) is 6. The van der Waals surface area contributed by atoms with Crippen molar-refractivity contribution in [3.8, 4) is 0 Å². The van der Waals surface area contributed by atoms with E-state index in [-0.39, 0.29) is 11.9 Å². The summed E-state index contributed by atoms with van der Waals surface area (Å²) in [6.45, 7) is 6.75. The first-order chi connectivity index (χ1) is 9.00. The minimum atomic E-state index is 0.0233. The fraction of sp³-hybridized carbons (Fsp3) is 0.636. The minimum Gasteiger partial charge on any atom is -0.392 e. The maximum Gasteiger partial charge on any atom is 0.267 e. The molecule has 1 aromatic heterocycles. The topological polar surface area (TPSA) is 75.4 Å². The van der Waals surface area contributed by atoms with Gasteiger partial charge >= 0.3 is 0 Å². The summed E-state index contributed by atoms with van der Waals surface area (Å²) in [5, 5.41) is 3.88. The molecule has 2 N–H and O–H groups in total. The molecule has 1 aliphatic heterocycles. The van der Waals surface area contributed by atoms with Crippen LogP contribution < -0.4 is 5.73 Å². The summed E-state index contributed by atoms with van der Waals surface area (Å²) in [5.74, 6) is 0.0233. The Hall–Kier alpha value is -1.12. The number of rotatable bonds is 3. The van der Waals surface area contributed by atoms with Gasteiger partial charge in [-0.15, -0.1) is 5.10 Å². The highest BCUT2D eigenvalue weighted by atomic mass is 32.1. The van der Waals surface area contributed by atoms with Crippen LogP contribution in [0.25, 0.3) is 0 Å². The number of piperazine rings is 1. The van der Waals surface area contributed by atoms with Crippen molar-refractivity contribution in [3.05, 3.63) is 10.6 Å². The van der Waals surface area contributed by atoms with Gasteiger partial charge in [0.1, 0.15) is 4.88 Å². The highest BCUT2D eigenvalue weighted by Gasteiger charge is 2.27. The lowest BCUT2D eigenvalue weighted by molar-refractivity contribution is 0.0625. The van der Waals surface area contributed by atoms with E-state index in [0.717, 1.165) is 24.6 Å². The fourth-order valence-corrected chi connectivity index (χ4v) is 2.84. The minimum absolute atomic E-state index is 0.0233. The number of hydrogen-bond donors (Lipinski definition) is 1. The van der Waals surface area contributed by atoms with Crippen molar-refractivity contribution in [2.45, 2.75) is 19.9 Å². The molecule has 0 spiro atoms. The van der Waals surface area contributed by atoms with E-state index in [9.17, 15) is 4.79 Å². The third-order valence-corrected chi connectivity index (χ3v) is 4.56. The van der Waals surface area contributed by atoms with Crippen LogP contribution in [-0.4, -0.2) is 62.5 Å². The van der Waals surface area contributed by atoms with Crippen molar-refractivity contribution in [2.24, 2.45) is 5.73 Å². The Morgan fingerprint density at radius 1 is 1.42 bits per heavy atom. The molecule has 1 unspecified atom stereocenters. The van der Waals surface area contributed by atoms with Crippen LogP contribution in [0, 0.1) is 6.92 Å². The predicted octanol–water partition coefficient (Wildman–Crippen LogP) is 0.279. The van der Waals surface area contributed by atoms with Gasteiger partial charge in [0.25, 0.3) is 5.91 Å². The van der Waals surface area contributed by atoms with Crippen molar-refractivity contribution >= 4 is 34.6 Å². The van der Waals surface area contributed by atoms with Crippen LogP contribution in [0.5, 0.6) is 0 Å². The van der Waals surface area contributed by atoms with Crippen LogP contribution in [0.2, 0.25) is 0 Å². The molecule has 0 aromatic carbocycles. The number of amides is 1. The summed E-state index contributed by atoms with van der Waals surface area (Å²) < 4.78 is 3.80. The van der Waals surface area contributed by atoms with Gasteiger partial charge in [-0.2, -0.15) is 0 Å². The summed E-state index contributed by atoms with van der Waals surface area (Å²) in [6.07, 6.45) is 0. The molecule has 104 valence electrons. The second kappa shape index (κ2) is 5.89. The van der Waals surface area contributed by atoms with E-state index in [1.165, 1.54) is 0 Å². The lowest BCUT2D eigenvalue weighted by Gasteiger charge is -2.37. The van der Waals surface area contributed by atoms with E-state index in [1.54, 1.807) is 0 Å². The molecule has 1 amide bonds. The van der Waals surface area contributed by atoms with Crippen molar-refractivity contribution in [1.82, 2.24) is 19.4 Å². The lowest BCUT2D eigenvalue weighted by atomic mass is 10.2. The lowest BCUT2D eigenvalue weighted by Crippen LogP contribution is -2.53. The summed E-state index contributed by atoms with van der Waals surface area (Å²) in [7, 11) is 0. The molecule has 1 atom stereocenters. The Morgan fingerprint density at radius 2 is 2.05 bits per heavy atom. The maximum absolute atomic E-state index is 12.3. The zero-order valence-corrected chi connectivity index (χ0v) is 12.6. The van der Waals surface area contributed by atoms with E-state index in [4.69, 9.17) is 18.0 Å². The number of aromatic nitrogens is 2. The summed E-state index contributed by atoms with van der Waals surface area (Å²) in [4.78, 5) is 17.5. The van der Waals surface area contributed by atoms with Crippen molar-refractivity contribution in [1.29, 1.82) is 0 Å². The van der Waals surface area contributed by atoms with Gasteiger partial charge in [-0.25, -0.2) is 0 Å². The quantitative estimate of drug-likeness (QED) is 0.808. The molecule has 2 rings (SSSR count). The maximum atomic E-state index is 12.3. The molecule has 8 heteroatoms. The molecule has 6 nitrogen and oxygen atoms in total. The predicted molar refractivity (Wildman–Crippen MR) is 78.4 cm³/mol. The van der Waals surface area contributed by atoms with Gasteiger partial charge in [0.05, 0.1) is 16.7 Å². The molecule has 0 bridgehead atoms. The summed E-state index contributed by atoms with van der Waals surface area (Å²) in [6, 6.07) is 0.0825. The molecule has 1 aromatic rings. The van der Waals surface area contributed by atoms with Crippen molar-refractivity contribution in [2.75, 3.05) is 26.2 Å². The second-order valence-corrected chi connectivity index (χ2v) is 5.82. The molecule has 0 aliphatic carbocycles. The molecule has 19 heavy (non-hydrogen) atoms. The molecule has 1 saturated heterocycles. The second-order valence-electron chi connectivity index (χ2n) is 4.59. The first kappa shape index (κ1) is 14.3. The fourth-order valence-electron chi connectivity index (χ4n) is 2.06. The van der Waals surface area contributed by atoms with Gasteiger partial charge < -0.3 is 10.6 Å². The van der Waals surface area contributed by atoms with Gasteiger partial charge in [-0.1, -0.05) is 16.7 Å². The van der Waals surface area contributed by atoms with Crippen LogP contribution >= 0.6 is 23.8 Å². The molecular weight excluding hydrogens is 282 g/mol. The monoisotopic (exact) mass is 299 g/mol. The number of nitrogens with zero attached hydrogens (tertiary/aromatic N) is 4. The van der Waals surface area contributed by atoms with Gasteiger partial charge in [0.2, 0.25) is 0 Å². The summed E-state index contributed by atoms with van der Waals surface area (Å²) >= 11 is 6.16. The molecule has 0 radical (unpaired) electrons. The normalized spacial score (nSPS) is 18.3. The van der Waals surface area contributed by atoms with Gasteiger partial charge in [-0.05, 0) is 25.4 Å². The average molecular weight is 299 g/mol. The molecule has 1 fully saturated rings. The van der Waals surface area contributed by atoms with Crippen LogP contribution in [-0.2, 0) is 0 Å². The van der Waals surface area contributed by atoms with Crippen LogP contribution in [0.4, 0.5) is 0 Å². The molecule has 0 saturated carbocycles. The van der Waals surface area contributed by atoms with Crippen molar-refractivity contribution < 1.29 is 4.79 Å². The zero-order chi connectivity index (χ0) is 14.0. The van der Waals surface area contributed by atoms with E-state index >= 15 is 0 Å². The van der Waals surface area contributed by atoms with Gasteiger partial charge in [0.15, 0.2) is 0 Å². The van der Waals surface area contributed by atoms with Crippen LogP contribution in [0.1, 0.15) is 22.3 Å². The third kappa shape index (κ3) is 3.07. The van der Waals surface area contributed by atoms with Gasteiger partial charge in [0, 0.05) is 26.2 Å². The molecule has 2 heterocycles. The Bertz CT molecular complexity index is 481. The third-order valence-electron chi connectivity index (χ3n) is 3.41. The Kier molecular flexibility index (Phi) is 4.43. The number of thiocarbonyl (C=S) groups is 1. The SMILES string of the molecule is Cc1nnsc1C(=O)N1CCN(C(C)C(N)=S)CC1. The number of nitrogens with two attached hydrogens (primary N) is 1. The first-order valence-corrected chi connectivity index (χ1v) is 7.30. The van der Waals surface area contributed by atoms with Crippen LogP contribution in [0.3, 0.4) is 0 Å². The average Bonchev–Trinajstić information content (AvgIpc) is 2.83. The number of carbonyl (C=O) groups excluding carboxylic acids is 1. The Labute approximate surface area is 121 Å². The zero-order valence-electron chi connectivity index (χ0n) is 11.0. The van der Waals surface area contributed by atoms with Crippen LogP contribution in [0.15, 0.2) is 0 Å². The highest BCUT2D eigenvalue weighted by Crippen LogP contribution is 2.15. The van der Waals surface area contributed by atoms with E-state index in [0.29, 0.717) is 28.6 Å². The van der Waals surface area contributed by atoms with Gasteiger partial charge in [-0.3, -0.25) is 9.69 Å². The smallest absolute Gasteiger partial charge is 0.267 e.